The van der Waals surface area contributed by atoms with E-state index < -0.39 is 0 Å². The second-order valence-corrected chi connectivity index (χ2v) is 6.03. The van der Waals surface area contributed by atoms with Gasteiger partial charge in [-0.25, -0.2) is 4.39 Å². The van der Waals surface area contributed by atoms with Gasteiger partial charge in [0.2, 0.25) is 0 Å². The van der Waals surface area contributed by atoms with E-state index in [2.05, 4.69) is 20.8 Å². The maximum absolute atomic E-state index is 13.2. The van der Waals surface area contributed by atoms with Gasteiger partial charge in [-0.1, -0.05) is 26.8 Å². The zero-order valence-corrected chi connectivity index (χ0v) is 10.7. The maximum Gasteiger partial charge on any atom is 0.127 e. The van der Waals surface area contributed by atoms with Crippen molar-refractivity contribution in [1.82, 2.24) is 0 Å². The van der Waals surface area contributed by atoms with Gasteiger partial charge in [-0.3, -0.25) is 0 Å². The molecule has 94 valence electrons. The fraction of sp³-hybridized carbons (Fsp3) is 0.571. The van der Waals surface area contributed by atoms with Crippen LogP contribution >= 0.6 is 0 Å². The van der Waals surface area contributed by atoms with Crippen LogP contribution in [0.3, 0.4) is 0 Å². The second-order valence-electron chi connectivity index (χ2n) is 6.03. The van der Waals surface area contributed by atoms with Crippen LogP contribution in [0.1, 0.15) is 45.2 Å². The molecule has 2 atom stereocenters. The quantitative estimate of drug-likeness (QED) is 0.812. The Bertz CT molecular complexity index is 411. The highest BCUT2D eigenvalue weighted by molar-refractivity contribution is 5.38. The molecule has 0 radical (unpaired) electrons. The predicted octanol–water partition coefficient (Wildman–Crippen LogP) is 3.41. The van der Waals surface area contributed by atoms with Gasteiger partial charge in [0, 0.05) is 24.1 Å². The van der Waals surface area contributed by atoms with Crippen molar-refractivity contribution in [1.29, 1.82) is 0 Å². The van der Waals surface area contributed by atoms with Crippen molar-refractivity contribution in [3.05, 3.63) is 29.6 Å². The Morgan fingerprint density at radius 1 is 1.41 bits per heavy atom. The Morgan fingerprint density at radius 3 is 2.76 bits per heavy atom. The van der Waals surface area contributed by atoms with Crippen LogP contribution in [0.2, 0.25) is 0 Å². The van der Waals surface area contributed by atoms with Crippen molar-refractivity contribution in [3.63, 3.8) is 0 Å². The van der Waals surface area contributed by atoms with Crippen LogP contribution in [-0.2, 0) is 0 Å². The molecule has 1 aromatic rings. The summed E-state index contributed by atoms with van der Waals surface area (Å²) in [5, 5.41) is 0. The van der Waals surface area contributed by atoms with Crippen LogP contribution in [0.4, 0.5) is 4.39 Å². The molecular weight excluding hydrogens is 217 g/mol. The number of benzene rings is 1. The first-order valence-corrected chi connectivity index (χ1v) is 6.07. The summed E-state index contributed by atoms with van der Waals surface area (Å²) in [6.07, 6.45) is 1.81. The lowest BCUT2D eigenvalue weighted by molar-refractivity contribution is 0.111. The lowest BCUT2D eigenvalue weighted by atomic mass is 9.85. The molecule has 2 rings (SSSR count). The van der Waals surface area contributed by atoms with Gasteiger partial charge in [-0.2, -0.15) is 0 Å². The first-order chi connectivity index (χ1) is 7.85. The average Bonchev–Trinajstić information content (AvgIpc) is 2.13. The highest BCUT2D eigenvalue weighted by Crippen LogP contribution is 2.37. The van der Waals surface area contributed by atoms with Crippen LogP contribution in [0.5, 0.6) is 5.75 Å². The number of ether oxygens (including phenoxy) is 1. The summed E-state index contributed by atoms with van der Waals surface area (Å²) in [6.45, 7) is 6.51. The van der Waals surface area contributed by atoms with Gasteiger partial charge in [0.1, 0.15) is 17.7 Å². The van der Waals surface area contributed by atoms with E-state index in [1.807, 2.05) is 0 Å². The zero-order valence-electron chi connectivity index (χ0n) is 10.7. The number of rotatable bonds is 1. The molecule has 0 amide bonds. The molecule has 0 saturated heterocycles. The summed E-state index contributed by atoms with van der Waals surface area (Å²) < 4.78 is 19.0. The summed E-state index contributed by atoms with van der Waals surface area (Å²) in [7, 11) is 0. The first kappa shape index (κ1) is 12.4. The molecule has 1 aromatic carbocycles. The normalized spacial score (nSPS) is 24.1. The molecule has 0 fully saturated rings. The van der Waals surface area contributed by atoms with Gasteiger partial charge in [0.15, 0.2) is 0 Å². The smallest absolute Gasteiger partial charge is 0.127 e. The van der Waals surface area contributed by atoms with E-state index in [1.54, 1.807) is 6.07 Å². The summed E-state index contributed by atoms with van der Waals surface area (Å²) >= 11 is 0. The Labute approximate surface area is 102 Å². The maximum atomic E-state index is 13.2. The van der Waals surface area contributed by atoms with Gasteiger partial charge in [-0.15, -0.1) is 0 Å². The number of hydrogen-bond donors (Lipinski definition) is 1. The van der Waals surface area contributed by atoms with Crippen molar-refractivity contribution in [2.75, 3.05) is 0 Å². The zero-order chi connectivity index (χ0) is 12.6. The Morgan fingerprint density at radius 2 is 2.12 bits per heavy atom. The van der Waals surface area contributed by atoms with Crippen molar-refractivity contribution in [2.45, 2.75) is 45.8 Å². The molecule has 1 heterocycles. The van der Waals surface area contributed by atoms with E-state index in [0.717, 1.165) is 18.4 Å². The fourth-order valence-corrected chi connectivity index (χ4v) is 2.36. The van der Waals surface area contributed by atoms with E-state index in [1.165, 1.54) is 12.1 Å². The predicted molar refractivity (Wildman–Crippen MR) is 66.4 cm³/mol. The molecule has 0 saturated carbocycles. The number of nitrogens with two attached hydrogens (primary N) is 1. The van der Waals surface area contributed by atoms with Crippen molar-refractivity contribution >= 4 is 0 Å². The summed E-state index contributed by atoms with van der Waals surface area (Å²) in [5.74, 6) is 0.338. The van der Waals surface area contributed by atoms with Gasteiger partial charge in [0.05, 0.1) is 0 Å². The van der Waals surface area contributed by atoms with Crippen molar-refractivity contribution in [2.24, 2.45) is 11.1 Å². The monoisotopic (exact) mass is 237 g/mol. The minimum atomic E-state index is -0.271. The second kappa shape index (κ2) is 4.30. The molecule has 2 N–H and O–H groups in total. The van der Waals surface area contributed by atoms with E-state index in [9.17, 15) is 4.39 Å². The van der Waals surface area contributed by atoms with Gasteiger partial charge >= 0.3 is 0 Å². The molecule has 0 aliphatic carbocycles. The molecular formula is C14H20FNO. The fourth-order valence-electron chi connectivity index (χ4n) is 2.36. The average molecular weight is 237 g/mol. The largest absolute Gasteiger partial charge is 0.490 e. The molecule has 0 aromatic heterocycles. The van der Waals surface area contributed by atoms with Crippen LogP contribution in [-0.4, -0.2) is 6.10 Å². The van der Waals surface area contributed by atoms with Gasteiger partial charge in [-0.05, 0) is 17.9 Å². The standard InChI is InChI=1S/C14H20FNO/c1-14(2,3)8-10-7-12(16)11-5-4-9(15)6-13(11)17-10/h4-6,10,12H,7-8,16H2,1-3H3/t10?,12-/m1/s1. The molecule has 1 unspecified atom stereocenters. The lowest BCUT2D eigenvalue weighted by Gasteiger charge is -2.33. The minimum absolute atomic E-state index is 0.0494. The number of hydrogen-bond acceptors (Lipinski definition) is 2. The molecule has 1 aliphatic heterocycles. The van der Waals surface area contributed by atoms with E-state index in [4.69, 9.17) is 10.5 Å². The van der Waals surface area contributed by atoms with Crippen LogP contribution < -0.4 is 10.5 Å². The summed E-state index contributed by atoms with van der Waals surface area (Å²) in [5.41, 5.74) is 7.21. The molecule has 0 bridgehead atoms. The highest BCUT2D eigenvalue weighted by Gasteiger charge is 2.29. The minimum Gasteiger partial charge on any atom is -0.490 e. The topological polar surface area (TPSA) is 35.2 Å². The molecule has 1 aliphatic rings. The third-order valence-corrected chi connectivity index (χ3v) is 3.03. The van der Waals surface area contributed by atoms with Gasteiger partial charge in [0.25, 0.3) is 0 Å². The van der Waals surface area contributed by atoms with E-state index >= 15 is 0 Å². The molecule has 17 heavy (non-hydrogen) atoms. The molecule has 2 nitrogen and oxygen atoms in total. The Balaban J connectivity index is 2.20. The van der Waals surface area contributed by atoms with Crippen LogP contribution in [0, 0.1) is 11.2 Å². The third-order valence-electron chi connectivity index (χ3n) is 3.03. The van der Waals surface area contributed by atoms with Crippen molar-refractivity contribution < 1.29 is 9.13 Å². The Hall–Kier alpha value is -1.09. The lowest BCUT2D eigenvalue weighted by Crippen LogP contribution is -2.32. The third kappa shape index (κ3) is 2.97. The Kier molecular flexibility index (Phi) is 3.13. The van der Waals surface area contributed by atoms with Gasteiger partial charge < -0.3 is 10.5 Å². The van der Waals surface area contributed by atoms with E-state index in [0.29, 0.717) is 5.75 Å². The summed E-state index contributed by atoms with van der Waals surface area (Å²) in [4.78, 5) is 0. The van der Waals surface area contributed by atoms with Crippen LogP contribution in [0.25, 0.3) is 0 Å². The molecule has 0 spiro atoms. The summed E-state index contributed by atoms with van der Waals surface area (Å²) in [6, 6.07) is 4.55. The number of halogens is 1. The SMILES string of the molecule is CC(C)(C)CC1C[C@@H](N)c2ccc(F)cc2O1. The highest BCUT2D eigenvalue weighted by atomic mass is 19.1. The van der Waals surface area contributed by atoms with Crippen LogP contribution in [0.15, 0.2) is 18.2 Å². The first-order valence-electron chi connectivity index (χ1n) is 6.07. The van der Waals surface area contributed by atoms with E-state index in [-0.39, 0.29) is 23.4 Å². The number of fused-ring (bicyclic) bond motifs is 1. The molecule has 3 heteroatoms. The van der Waals surface area contributed by atoms with Crippen molar-refractivity contribution in [3.8, 4) is 5.75 Å².